The van der Waals surface area contributed by atoms with Crippen molar-refractivity contribution in [2.75, 3.05) is 29.7 Å². The third-order valence-electron chi connectivity index (χ3n) is 6.14. The van der Waals surface area contributed by atoms with E-state index in [0.29, 0.717) is 17.0 Å². The Balaban J connectivity index is 1.51. The number of rotatable bonds is 10. The number of hydrogen-bond acceptors (Lipinski definition) is 12. The van der Waals surface area contributed by atoms with Gasteiger partial charge in [0.1, 0.15) is 29.9 Å². The number of fused-ring (bicyclic) bond motifs is 1. The third kappa shape index (κ3) is 6.71. The summed E-state index contributed by atoms with van der Waals surface area (Å²) in [5.74, 6) is -2.59. The number of carboxylic acids is 1. The van der Waals surface area contributed by atoms with Crippen molar-refractivity contribution in [2.24, 2.45) is 5.16 Å². The average Bonchev–Trinajstić information content (AvgIpc) is 3.36. The van der Waals surface area contributed by atoms with Crippen molar-refractivity contribution in [3.63, 3.8) is 0 Å². The molecule has 2 aliphatic rings. The van der Waals surface area contributed by atoms with Gasteiger partial charge < -0.3 is 26.3 Å². The molecule has 0 aliphatic carbocycles. The van der Waals surface area contributed by atoms with E-state index >= 15 is 0 Å². The molecule has 2 atom stereocenters. The highest BCUT2D eigenvalue weighted by molar-refractivity contribution is 8.14. The van der Waals surface area contributed by atoms with Crippen LogP contribution in [0.1, 0.15) is 23.7 Å². The molecule has 0 unspecified atom stereocenters. The number of carbonyl (C=O) groups is 5. The molecule has 0 spiro atoms. The van der Waals surface area contributed by atoms with Crippen LogP contribution in [-0.4, -0.2) is 79.5 Å². The highest BCUT2D eigenvalue weighted by Gasteiger charge is 2.54. The molecule has 1 fully saturated rings. The fourth-order valence-electron chi connectivity index (χ4n) is 4.25. The molecular formula is C25H26N6O7S3. The number of carbonyl (C=O) groups excluding carboxylic acids is 4. The molecule has 41 heavy (non-hydrogen) atoms. The summed E-state index contributed by atoms with van der Waals surface area (Å²) >= 11 is 3.34. The van der Waals surface area contributed by atoms with E-state index in [1.165, 1.54) is 36.1 Å². The zero-order valence-electron chi connectivity index (χ0n) is 22.1. The van der Waals surface area contributed by atoms with Gasteiger partial charge in [-0.3, -0.25) is 24.1 Å². The number of nitrogen functional groups attached to an aromatic ring is 1. The molecule has 216 valence electrons. The summed E-state index contributed by atoms with van der Waals surface area (Å²) < 4.78 is 0. The summed E-state index contributed by atoms with van der Waals surface area (Å²) in [4.78, 5) is 71.7. The van der Waals surface area contributed by atoms with Crippen molar-refractivity contribution in [2.45, 2.75) is 31.7 Å². The van der Waals surface area contributed by atoms with Crippen molar-refractivity contribution in [1.29, 1.82) is 0 Å². The number of amides is 3. The van der Waals surface area contributed by atoms with Gasteiger partial charge in [-0.25, -0.2) is 9.78 Å². The Morgan fingerprint density at radius 1 is 1.32 bits per heavy atom. The van der Waals surface area contributed by atoms with Gasteiger partial charge in [0, 0.05) is 23.7 Å². The van der Waals surface area contributed by atoms with E-state index in [0.717, 1.165) is 34.2 Å². The number of β-lactam (4-membered cyclic amide) rings is 1. The van der Waals surface area contributed by atoms with Gasteiger partial charge in [-0.1, -0.05) is 23.0 Å². The fourth-order valence-corrected chi connectivity index (χ4v) is 6.55. The van der Waals surface area contributed by atoms with Crippen LogP contribution < -0.4 is 16.4 Å². The van der Waals surface area contributed by atoms with Crippen LogP contribution in [-0.2, 0) is 35.2 Å². The number of anilines is 2. The SMILES string of the molecule is CON=C(C(=O)N[C@@H]1C(=O)N2C(C(=O)O)=C(Cc3cc(NC(=O)CSC(C)=O)ccc3C)CS[C@H]12)c1csc(N)n1. The van der Waals surface area contributed by atoms with Gasteiger partial charge in [0.05, 0.1) is 5.75 Å². The second kappa shape index (κ2) is 12.7. The number of nitrogens with one attached hydrogen (secondary N) is 2. The molecule has 1 aromatic carbocycles. The van der Waals surface area contributed by atoms with Gasteiger partial charge in [-0.2, -0.15) is 0 Å². The normalized spacial score (nSPS) is 18.4. The van der Waals surface area contributed by atoms with Gasteiger partial charge in [-0.15, -0.1) is 23.1 Å². The minimum absolute atomic E-state index is 0.0175. The molecule has 2 aliphatic heterocycles. The Morgan fingerprint density at radius 3 is 2.71 bits per heavy atom. The summed E-state index contributed by atoms with van der Waals surface area (Å²) in [6, 6.07) is 4.30. The third-order valence-corrected chi connectivity index (χ3v) is 8.97. The Bertz CT molecular complexity index is 1490. The molecule has 0 saturated carbocycles. The van der Waals surface area contributed by atoms with Crippen molar-refractivity contribution < 1.29 is 33.9 Å². The maximum atomic E-state index is 13.1. The number of nitrogens with two attached hydrogens (primary N) is 1. The van der Waals surface area contributed by atoms with Crippen LogP contribution in [0.3, 0.4) is 0 Å². The lowest BCUT2D eigenvalue weighted by atomic mass is 9.96. The highest BCUT2D eigenvalue weighted by Crippen LogP contribution is 2.41. The van der Waals surface area contributed by atoms with E-state index in [9.17, 15) is 29.1 Å². The van der Waals surface area contributed by atoms with E-state index in [4.69, 9.17) is 10.6 Å². The number of hydrogen-bond donors (Lipinski definition) is 4. The average molecular weight is 619 g/mol. The van der Waals surface area contributed by atoms with Crippen molar-refractivity contribution >= 4 is 80.2 Å². The lowest BCUT2D eigenvalue weighted by Crippen LogP contribution is -2.71. The topological polar surface area (TPSA) is 193 Å². The summed E-state index contributed by atoms with van der Waals surface area (Å²) in [5, 5.41) is 20.1. The van der Waals surface area contributed by atoms with E-state index < -0.39 is 29.2 Å². The van der Waals surface area contributed by atoms with Crippen LogP contribution in [0.25, 0.3) is 0 Å². The van der Waals surface area contributed by atoms with Gasteiger partial charge in [0.25, 0.3) is 11.8 Å². The first-order valence-corrected chi connectivity index (χ1v) is 15.0. The zero-order valence-corrected chi connectivity index (χ0v) is 24.6. The molecule has 13 nitrogen and oxygen atoms in total. The second-order valence-electron chi connectivity index (χ2n) is 8.96. The lowest BCUT2D eigenvalue weighted by molar-refractivity contribution is -0.150. The molecule has 3 amide bonds. The van der Waals surface area contributed by atoms with Crippen molar-refractivity contribution in [3.8, 4) is 0 Å². The molecule has 4 rings (SSSR count). The molecule has 1 saturated heterocycles. The molecule has 2 aromatic rings. The van der Waals surface area contributed by atoms with E-state index in [-0.39, 0.29) is 45.4 Å². The van der Waals surface area contributed by atoms with Crippen LogP contribution in [0.2, 0.25) is 0 Å². The highest BCUT2D eigenvalue weighted by atomic mass is 32.2. The number of aryl methyl sites for hydroxylation is 1. The van der Waals surface area contributed by atoms with Gasteiger partial charge in [0.2, 0.25) is 5.91 Å². The number of oxime groups is 1. The molecule has 0 bridgehead atoms. The minimum atomic E-state index is -1.26. The first-order valence-electron chi connectivity index (χ1n) is 12.1. The summed E-state index contributed by atoms with van der Waals surface area (Å²) in [6.07, 6.45) is 0.232. The predicted molar refractivity (Wildman–Crippen MR) is 156 cm³/mol. The number of thioether (sulfide) groups is 2. The number of carboxylic acid groups (broad SMARTS) is 1. The van der Waals surface area contributed by atoms with E-state index in [1.807, 2.05) is 6.92 Å². The Labute approximate surface area is 246 Å². The van der Waals surface area contributed by atoms with Crippen LogP contribution >= 0.6 is 34.9 Å². The quantitative estimate of drug-likeness (QED) is 0.172. The van der Waals surface area contributed by atoms with Gasteiger partial charge >= 0.3 is 5.97 Å². The van der Waals surface area contributed by atoms with Crippen molar-refractivity contribution in [1.82, 2.24) is 15.2 Å². The van der Waals surface area contributed by atoms with Gasteiger partial charge in [0.15, 0.2) is 16.0 Å². The second-order valence-corrected chi connectivity index (χ2v) is 12.1. The van der Waals surface area contributed by atoms with Crippen molar-refractivity contribution in [3.05, 3.63) is 51.7 Å². The number of thiazole rings is 1. The Kier molecular flexibility index (Phi) is 9.35. The monoisotopic (exact) mass is 618 g/mol. The van der Waals surface area contributed by atoms with E-state index in [1.54, 1.807) is 18.2 Å². The smallest absolute Gasteiger partial charge is 0.352 e. The Hall–Kier alpha value is -3.89. The molecule has 0 radical (unpaired) electrons. The summed E-state index contributed by atoms with van der Waals surface area (Å²) in [6.45, 7) is 3.25. The Morgan fingerprint density at radius 2 is 2.07 bits per heavy atom. The first-order chi connectivity index (χ1) is 19.5. The first kappa shape index (κ1) is 30.1. The lowest BCUT2D eigenvalue weighted by Gasteiger charge is -2.49. The molecular weight excluding hydrogens is 593 g/mol. The molecule has 5 N–H and O–H groups in total. The van der Waals surface area contributed by atoms with Crippen LogP contribution in [0, 0.1) is 6.92 Å². The molecule has 16 heteroatoms. The molecule has 3 heterocycles. The largest absolute Gasteiger partial charge is 0.477 e. The summed E-state index contributed by atoms with van der Waals surface area (Å²) in [7, 11) is 1.26. The number of nitrogens with zero attached hydrogens (tertiary/aromatic N) is 3. The standard InChI is InChI=1S/C25H26N6O7S3/c1-11-4-5-15(27-17(33)10-39-12(2)32)7-13(11)6-14-8-40-23-19(22(35)31(23)20(14)24(36)37)29-21(34)18(30-38-3)16-9-41-25(26)28-16/h4-5,7,9,19,23H,6,8,10H2,1-3H3,(H2,26,28)(H,27,33)(H,29,34)(H,36,37)/t19-,23-/m1/s1. The fraction of sp³-hybridized carbons (Fsp3) is 0.320. The predicted octanol–water partition coefficient (Wildman–Crippen LogP) is 1.58. The van der Waals surface area contributed by atoms with Crippen LogP contribution in [0.5, 0.6) is 0 Å². The van der Waals surface area contributed by atoms with Gasteiger partial charge in [-0.05, 0) is 42.2 Å². The number of aromatic nitrogens is 1. The maximum Gasteiger partial charge on any atom is 0.352 e. The number of aliphatic carboxylic acids is 1. The minimum Gasteiger partial charge on any atom is -0.477 e. The van der Waals surface area contributed by atoms with E-state index in [2.05, 4.69) is 20.8 Å². The van der Waals surface area contributed by atoms with Crippen LogP contribution in [0.4, 0.5) is 10.8 Å². The summed E-state index contributed by atoms with van der Waals surface area (Å²) in [5.41, 5.74) is 8.23. The van der Waals surface area contributed by atoms with Crippen LogP contribution in [0.15, 0.2) is 40.0 Å². The maximum absolute atomic E-state index is 13.1. The zero-order chi connectivity index (χ0) is 29.8. The molecule has 1 aromatic heterocycles. The number of benzene rings is 1.